The Kier molecular flexibility index (Phi) is 3.11. The van der Waals surface area contributed by atoms with Gasteiger partial charge < -0.3 is 4.90 Å². The number of rotatable bonds is 1. The molecule has 0 fully saturated rings. The lowest BCUT2D eigenvalue weighted by molar-refractivity contribution is 0.775. The maximum absolute atomic E-state index is 9.15. The predicted octanol–water partition coefficient (Wildman–Crippen LogP) is 1.95. The zero-order valence-corrected chi connectivity index (χ0v) is 10.6. The van der Waals surface area contributed by atoms with Crippen LogP contribution < -0.4 is 4.90 Å². The van der Waals surface area contributed by atoms with Crippen molar-refractivity contribution < 1.29 is 0 Å². The van der Waals surface area contributed by atoms with E-state index in [1.807, 2.05) is 0 Å². The van der Waals surface area contributed by atoms with E-state index in [1.54, 1.807) is 12.3 Å². The molecule has 0 spiro atoms. The van der Waals surface area contributed by atoms with Crippen molar-refractivity contribution in [3.05, 3.63) is 53.2 Å². The monoisotopic (exact) mass is 250 g/mol. The molecule has 2 aromatic rings. The van der Waals surface area contributed by atoms with E-state index in [-0.39, 0.29) is 0 Å². The Morgan fingerprint density at radius 3 is 2.37 bits per heavy atom. The van der Waals surface area contributed by atoms with Crippen molar-refractivity contribution in [1.29, 1.82) is 5.26 Å². The quantitative estimate of drug-likeness (QED) is 0.776. The van der Waals surface area contributed by atoms with Crippen molar-refractivity contribution in [2.45, 2.75) is 12.8 Å². The normalized spacial score (nSPS) is 14.4. The van der Waals surface area contributed by atoms with Gasteiger partial charge >= 0.3 is 0 Å². The molecule has 19 heavy (non-hydrogen) atoms. The zero-order valence-electron chi connectivity index (χ0n) is 10.6. The Bertz CT molecular complexity index is 603. The molecule has 4 nitrogen and oxygen atoms in total. The fourth-order valence-electron chi connectivity index (χ4n) is 2.52. The molecule has 1 aliphatic rings. The Labute approximate surface area is 112 Å². The molecular formula is C15H14N4. The summed E-state index contributed by atoms with van der Waals surface area (Å²) in [6.45, 7) is 1.76. The lowest BCUT2D eigenvalue weighted by Gasteiger charge is -2.21. The first-order valence-electron chi connectivity index (χ1n) is 6.42. The molecule has 0 aliphatic carbocycles. The van der Waals surface area contributed by atoms with E-state index in [0.717, 1.165) is 25.9 Å². The van der Waals surface area contributed by atoms with Gasteiger partial charge in [0.15, 0.2) is 5.82 Å². The molecule has 1 aliphatic heterocycles. The van der Waals surface area contributed by atoms with E-state index in [4.69, 9.17) is 5.26 Å². The average molecular weight is 250 g/mol. The molecule has 1 aromatic carbocycles. The Morgan fingerprint density at radius 1 is 1.05 bits per heavy atom. The minimum Gasteiger partial charge on any atom is -0.353 e. The highest BCUT2D eigenvalue weighted by Crippen LogP contribution is 2.21. The summed E-state index contributed by atoms with van der Waals surface area (Å²) < 4.78 is 0. The summed E-state index contributed by atoms with van der Waals surface area (Å²) in [7, 11) is 0. The van der Waals surface area contributed by atoms with Gasteiger partial charge in [0.25, 0.3) is 0 Å². The molecule has 0 radical (unpaired) electrons. The summed E-state index contributed by atoms with van der Waals surface area (Å²) in [4.78, 5) is 2.16. The first kappa shape index (κ1) is 11.7. The van der Waals surface area contributed by atoms with Crippen LogP contribution in [0.1, 0.15) is 16.7 Å². The molecule has 0 unspecified atom stereocenters. The van der Waals surface area contributed by atoms with E-state index >= 15 is 0 Å². The molecule has 0 atom stereocenters. The number of nitriles is 1. The lowest BCUT2D eigenvalue weighted by atomic mass is 10.0. The van der Waals surface area contributed by atoms with Crippen LogP contribution in [0, 0.1) is 11.3 Å². The van der Waals surface area contributed by atoms with Gasteiger partial charge in [0.1, 0.15) is 6.07 Å². The maximum atomic E-state index is 9.15. The molecule has 0 amide bonds. The second-order valence-electron chi connectivity index (χ2n) is 4.64. The highest BCUT2D eigenvalue weighted by atomic mass is 15.3. The molecule has 0 saturated heterocycles. The van der Waals surface area contributed by atoms with Gasteiger partial charge in [-0.15, -0.1) is 5.10 Å². The van der Waals surface area contributed by atoms with Gasteiger partial charge in [-0.1, -0.05) is 24.3 Å². The molecule has 94 valence electrons. The largest absolute Gasteiger partial charge is 0.353 e. The number of benzene rings is 1. The Hall–Kier alpha value is -2.41. The number of hydrogen-bond acceptors (Lipinski definition) is 4. The van der Waals surface area contributed by atoms with Crippen LogP contribution in [0.5, 0.6) is 0 Å². The van der Waals surface area contributed by atoms with Gasteiger partial charge in [0, 0.05) is 13.1 Å². The standard InChI is InChI=1S/C15H14N4/c16-11-14-5-8-17-18-15(14)19-9-6-12-3-1-2-4-13(12)7-10-19/h1-5,8H,6-7,9-10H2. The first-order chi connectivity index (χ1) is 9.38. The molecular weight excluding hydrogens is 236 g/mol. The molecule has 2 heterocycles. The van der Waals surface area contributed by atoms with Crippen LogP contribution in [0.2, 0.25) is 0 Å². The Balaban J connectivity index is 1.88. The second-order valence-corrected chi connectivity index (χ2v) is 4.64. The van der Waals surface area contributed by atoms with Gasteiger partial charge in [-0.25, -0.2) is 0 Å². The molecule has 3 rings (SSSR count). The molecule has 4 heteroatoms. The number of anilines is 1. The second kappa shape index (κ2) is 5.07. The van der Waals surface area contributed by atoms with Crippen LogP contribution in [0.25, 0.3) is 0 Å². The van der Waals surface area contributed by atoms with E-state index in [1.165, 1.54) is 11.1 Å². The van der Waals surface area contributed by atoms with Crippen LogP contribution in [0.15, 0.2) is 36.5 Å². The minimum absolute atomic E-state index is 0.598. The van der Waals surface area contributed by atoms with E-state index in [0.29, 0.717) is 11.4 Å². The average Bonchev–Trinajstić information content (AvgIpc) is 2.70. The number of fused-ring (bicyclic) bond motifs is 1. The third-order valence-corrected chi connectivity index (χ3v) is 3.54. The fraction of sp³-hybridized carbons (Fsp3) is 0.267. The van der Waals surface area contributed by atoms with Crippen LogP contribution in [0.3, 0.4) is 0 Å². The molecule has 0 saturated carbocycles. The third kappa shape index (κ3) is 2.27. The molecule has 1 aromatic heterocycles. The summed E-state index contributed by atoms with van der Waals surface area (Å²) in [5.41, 5.74) is 3.39. The fourth-order valence-corrected chi connectivity index (χ4v) is 2.52. The van der Waals surface area contributed by atoms with Gasteiger partial charge in [-0.05, 0) is 30.0 Å². The van der Waals surface area contributed by atoms with Crippen molar-refractivity contribution in [2.24, 2.45) is 0 Å². The number of aromatic nitrogens is 2. The Morgan fingerprint density at radius 2 is 1.74 bits per heavy atom. The van der Waals surface area contributed by atoms with Crippen molar-refractivity contribution in [3.63, 3.8) is 0 Å². The maximum Gasteiger partial charge on any atom is 0.169 e. The van der Waals surface area contributed by atoms with E-state index in [2.05, 4.69) is 45.4 Å². The van der Waals surface area contributed by atoms with E-state index < -0.39 is 0 Å². The summed E-state index contributed by atoms with van der Waals surface area (Å²) in [5, 5.41) is 17.2. The van der Waals surface area contributed by atoms with Crippen molar-refractivity contribution in [1.82, 2.24) is 10.2 Å². The van der Waals surface area contributed by atoms with Crippen molar-refractivity contribution in [3.8, 4) is 6.07 Å². The summed E-state index contributed by atoms with van der Waals surface area (Å²) >= 11 is 0. The third-order valence-electron chi connectivity index (χ3n) is 3.54. The number of hydrogen-bond donors (Lipinski definition) is 0. The van der Waals surface area contributed by atoms with Gasteiger partial charge in [-0.3, -0.25) is 0 Å². The van der Waals surface area contributed by atoms with Gasteiger partial charge in [0.2, 0.25) is 0 Å². The zero-order chi connectivity index (χ0) is 13.1. The summed E-state index contributed by atoms with van der Waals surface area (Å²) in [6.07, 6.45) is 3.53. The highest BCUT2D eigenvalue weighted by molar-refractivity contribution is 5.53. The number of nitrogens with zero attached hydrogens (tertiary/aromatic N) is 4. The van der Waals surface area contributed by atoms with Crippen LogP contribution in [-0.2, 0) is 12.8 Å². The summed E-state index contributed by atoms with van der Waals surface area (Å²) in [6, 6.07) is 12.4. The van der Waals surface area contributed by atoms with Crippen molar-refractivity contribution in [2.75, 3.05) is 18.0 Å². The van der Waals surface area contributed by atoms with Crippen LogP contribution in [-0.4, -0.2) is 23.3 Å². The van der Waals surface area contributed by atoms with Crippen LogP contribution in [0.4, 0.5) is 5.82 Å². The topological polar surface area (TPSA) is 52.8 Å². The highest BCUT2D eigenvalue weighted by Gasteiger charge is 2.17. The SMILES string of the molecule is N#Cc1ccnnc1N1CCc2ccccc2CC1. The van der Waals surface area contributed by atoms with Gasteiger partial charge in [-0.2, -0.15) is 10.4 Å². The van der Waals surface area contributed by atoms with Crippen molar-refractivity contribution >= 4 is 5.82 Å². The van der Waals surface area contributed by atoms with E-state index in [9.17, 15) is 0 Å². The van der Waals surface area contributed by atoms with Crippen LogP contribution >= 0.6 is 0 Å². The first-order valence-corrected chi connectivity index (χ1v) is 6.42. The smallest absolute Gasteiger partial charge is 0.169 e. The predicted molar refractivity (Wildman–Crippen MR) is 72.8 cm³/mol. The minimum atomic E-state index is 0.598. The molecule has 0 bridgehead atoms. The molecule has 0 N–H and O–H groups in total. The van der Waals surface area contributed by atoms with Gasteiger partial charge in [0.05, 0.1) is 11.8 Å². The summed E-state index contributed by atoms with van der Waals surface area (Å²) in [5.74, 6) is 0.706. The lowest BCUT2D eigenvalue weighted by Crippen LogP contribution is -2.28.